The van der Waals surface area contributed by atoms with Crippen molar-refractivity contribution in [1.29, 1.82) is 0 Å². The molecule has 1 aliphatic heterocycles. The van der Waals surface area contributed by atoms with Gasteiger partial charge in [-0.1, -0.05) is 30.3 Å². The first-order chi connectivity index (χ1) is 15.8. The number of urea groups is 1. The Bertz CT molecular complexity index is 1010. The van der Waals surface area contributed by atoms with Gasteiger partial charge in [-0.15, -0.1) is 0 Å². The van der Waals surface area contributed by atoms with Gasteiger partial charge in [0.2, 0.25) is 11.8 Å². The summed E-state index contributed by atoms with van der Waals surface area (Å²) in [6.45, 7) is 1.94. The molecule has 0 saturated carbocycles. The van der Waals surface area contributed by atoms with Gasteiger partial charge in [-0.3, -0.25) is 14.4 Å². The zero-order chi connectivity index (χ0) is 23.8. The lowest BCUT2D eigenvalue weighted by atomic mass is 9.98. The third-order valence-corrected chi connectivity index (χ3v) is 5.46. The van der Waals surface area contributed by atoms with Crippen molar-refractivity contribution < 1.29 is 24.3 Å². The topological polar surface area (TPSA) is 119 Å². The van der Waals surface area contributed by atoms with Crippen LogP contribution in [0.2, 0.25) is 0 Å². The molecule has 0 bridgehead atoms. The molecule has 9 heteroatoms. The Labute approximate surface area is 192 Å². The van der Waals surface area contributed by atoms with Crippen molar-refractivity contribution in [3.63, 3.8) is 0 Å². The Morgan fingerprint density at radius 3 is 2.55 bits per heavy atom. The van der Waals surface area contributed by atoms with Crippen molar-refractivity contribution in [2.24, 2.45) is 5.92 Å². The van der Waals surface area contributed by atoms with Crippen molar-refractivity contribution in [1.82, 2.24) is 10.2 Å². The van der Waals surface area contributed by atoms with Gasteiger partial charge in [0, 0.05) is 24.5 Å². The number of hydrogen-bond acceptors (Lipinski definition) is 4. The van der Waals surface area contributed by atoms with E-state index in [1.807, 2.05) is 19.1 Å². The Hall–Kier alpha value is -3.88. The van der Waals surface area contributed by atoms with Gasteiger partial charge < -0.3 is 25.5 Å². The molecule has 1 aliphatic rings. The van der Waals surface area contributed by atoms with Crippen molar-refractivity contribution in [3.05, 3.63) is 60.2 Å². The number of hydrogen-bond donors (Lipinski definition) is 3. The van der Waals surface area contributed by atoms with Crippen LogP contribution >= 0.6 is 0 Å². The first-order valence-corrected chi connectivity index (χ1v) is 10.8. The van der Waals surface area contributed by atoms with Crippen LogP contribution in [0.4, 0.5) is 16.2 Å². The number of aryl methyl sites for hydroxylation is 1. The molecular formula is C24H28N4O5. The maximum Gasteiger partial charge on any atom is 0.319 e. The van der Waals surface area contributed by atoms with Gasteiger partial charge in [-0.25, -0.2) is 4.79 Å². The molecule has 4 amide bonds. The van der Waals surface area contributed by atoms with Crippen LogP contribution in [-0.2, 0) is 14.4 Å². The fraction of sp³-hybridized carbons (Fsp3) is 0.333. The molecule has 33 heavy (non-hydrogen) atoms. The molecule has 9 nitrogen and oxygen atoms in total. The minimum Gasteiger partial charge on any atom is -0.481 e. The first kappa shape index (κ1) is 23.8. The monoisotopic (exact) mass is 452 g/mol. The highest BCUT2D eigenvalue weighted by Gasteiger charge is 2.30. The minimum atomic E-state index is -0.924. The summed E-state index contributed by atoms with van der Waals surface area (Å²) in [6, 6.07) is 15.4. The van der Waals surface area contributed by atoms with E-state index >= 15 is 0 Å². The lowest BCUT2D eigenvalue weighted by molar-refractivity contribution is -0.145. The molecule has 1 heterocycles. The number of benzene rings is 2. The molecule has 2 aromatic rings. The molecule has 0 spiro atoms. The van der Waals surface area contributed by atoms with Crippen LogP contribution in [0.3, 0.4) is 0 Å². The summed E-state index contributed by atoms with van der Waals surface area (Å²) in [6.07, 6.45) is 1.13. The second kappa shape index (κ2) is 11.1. The highest BCUT2D eigenvalue weighted by Crippen LogP contribution is 2.19. The lowest BCUT2D eigenvalue weighted by Gasteiger charge is -2.32. The van der Waals surface area contributed by atoms with E-state index in [1.54, 1.807) is 42.5 Å². The fourth-order valence-electron chi connectivity index (χ4n) is 3.72. The van der Waals surface area contributed by atoms with Gasteiger partial charge in [0.05, 0.1) is 12.5 Å². The van der Waals surface area contributed by atoms with E-state index in [0.717, 1.165) is 5.56 Å². The molecule has 0 aromatic heterocycles. The van der Waals surface area contributed by atoms with Gasteiger partial charge in [-0.05, 0) is 49.6 Å². The molecule has 3 rings (SSSR count). The van der Waals surface area contributed by atoms with Crippen LogP contribution in [0, 0.1) is 12.8 Å². The lowest BCUT2D eigenvalue weighted by Crippen LogP contribution is -2.49. The molecule has 3 N–H and O–H groups in total. The number of anilines is 2. The van der Waals surface area contributed by atoms with Crippen LogP contribution in [-0.4, -0.2) is 60.0 Å². The number of carboxylic acids is 1. The summed E-state index contributed by atoms with van der Waals surface area (Å²) in [4.78, 5) is 52.2. The third kappa shape index (κ3) is 6.80. The van der Waals surface area contributed by atoms with E-state index in [0.29, 0.717) is 30.8 Å². The number of nitrogens with zero attached hydrogens (tertiary/aromatic N) is 2. The predicted molar refractivity (Wildman–Crippen MR) is 124 cm³/mol. The molecule has 1 saturated heterocycles. The van der Waals surface area contributed by atoms with Crippen LogP contribution in [0.15, 0.2) is 54.6 Å². The van der Waals surface area contributed by atoms with Gasteiger partial charge in [0.1, 0.15) is 6.54 Å². The third-order valence-electron chi connectivity index (χ3n) is 5.46. The number of rotatable bonds is 7. The summed E-state index contributed by atoms with van der Waals surface area (Å²) in [5.41, 5.74) is 2.11. The average Bonchev–Trinajstić information content (AvgIpc) is 2.81. The standard InChI is InChI=1S/C24H28N4O5/c1-17-7-5-9-19(13-17)26-24(33)25-14-21(29)28(20-10-3-2-4-11-20)16-22(30)27-12-6-8-18(15-27)23(31)32/h2-5,7,9-11,13,18H,6,8,12,14-16H2,1H3,(H,31,32)(H2,25,26,33). The number of amides is 4. The van der Waals surface area contributed by atoms with Crippen LogP contribution in [0.5, 0.6) is 0 Å². The van der Waals surface area contributed by atoms with E-state index in [1.165, 1.54) is 9.80 Å². The number of carbonyl (C=O) groups is 4. The maximum atomic E-state index is 13.0. The molecule has 1 unspecified atom stereocenters. The van der Waals surface area contributed by atoms with Crippen molar-refractivity contribution in [2.75, 3.05) is 36.4 Å². The normalized spacial score (nSPS) is 15.4. The summed E-state index contributed by atoms with van der Waals surface area (Å²) >= 11 is 0. The Morgan fingerprint density at radius 2 is 1.85 bits per heavy atom. The van der Waals surface area contributed by atoms with Crippen LogP contribution < -0.4 is 15.5 Å². The second-order valence-corrected chi connectivity index (χ2v) is 8.01. The van der Waals surface area contributed by atoms with Crippen molar-refractivity contribution in [3.8, 4) is 0 Å². The van der Waals surface area contributed by atoms with E-state index in [-0.39, 0.29) is 25.5 Å². The molecular weight excluding hydrogens is 424 g/mol. The molecule has 174 valence electrons. The molecule has 0 aliphatic carbocycles. The number of nitrogens with one attached hydrogen (secondary N) is 2. The van der Waals surface area contributed by atoms with Crippen LogP contribution in [0.25, 0.3) is 0 Å². The smallest absolute Gasteiger partial charge is 0.319 e. The fourth-order valence-corrected chi connectivity index (χ4v) is 3.72. The number of para-hydroxylation sites is 1. The largest absolute Gasteiger partial charge is 0.481 e. The zero-order valence-electron chi connectivity index (χ0n) is 18.5. The number of aliphatic carboxylic acids is 1. The Morgan fingerprint density at radius 1 is 1.09 bits per heavy atom. The van der Waals surface area contributed by atoms with Crippen molar-refractivity contribution in [2.45, 2.75) is 19.8 Å². The summed E-state index contributed by atoms with van der Waals surface area (Å²) in [7, 11) is 0. The second-order valence-electron chi connectivity index (χ2n) is 8.01. The van der Waals surface area contributed by atoms with E-state index in [2.05, 4.69) is 10.6 Å². The number of piperidine rings is 1. The minimum absolute atomic E-state index is 0.127. The Balaban J connectivity index is 1.64. The van der Waals surface area contributed by atoms with Gasteiger partial charge in [0.25, 0.3) is 0 Å². The molecule has 0 radical (unpaired) electrons. The first-order valence-electron chi connectivity index (χ1n) is 10.8. The Kier molecular flexibility index (Phi) is 8.01. The van der Waals surface area contributed by atoms with Crippen LogP contribution in [0.1, 0.15) is 18.4 Å². The van der Waals surface area contributed by atoms with Gasteiger partial charge in [0.15, 0.2) is 0 Å². The molecule has 2 aromatic carbocycles. The SMILES string of the molecule is Cc1cccc(NC(=O)NCC(=O)N(CC(=O)N2CCCC(C(=O)O)C2)c2ccccc2)c1. The summed E-state index contributed by atoms with van der Waals surface area (Å²) in [5.74, 6) is -2.31. The van der Waals surface area contributed by atoms with Gasteiger partial charge >= 0.3 is 12.0 Å². The van der Waals surface area contributed by atoms with E-state index in [9.17, 15) is 24.3 Å². The summed E-state index contributed by atoms with van der Waals surface area (Å²) in [5, 5.41) is 14.5. The highest BCUT2D eigenvalue weighted by atomic mass is 16.4. The quantitative estimate of drug-likeness (QED) is 0.596. The number of carboxylic acid groups (broad SMARTS) is 1. The number of carbonyl (C=O) groups excluding carboxylic acids is 3. The number of likely N-dealkylation sites (tertiary alicyclic amines) is 1. The molecule has 1 atom stereocenters. The zero-order valence-corrected chi connectivity index (χ0v) is 18.5. The van der Waals surface area contributed by atoms with Crippen molar-refractivity contribution >= 4 is 35.2 Å². The van der Waals surface area contributed by atoms with E-state index < -0.39 is 23.8 Å². The molecule has 1 fully saturated rings. The average molecular weight is 453 g/mol. The highest BCUT2D eigenvalue weighted by molar-refractivity contribution is 6.02. The van der Waals surface area contributed by atoms with Gasteiger partial charge in [-0.2, -0.15) is 0 Å². The van der Waals surface area contributed by atoms with E-state index in [4.69, 9.17) is 0 Å². The maximum absolute atomic E-state index is 13.0. The summed E-state index contributed by atoms with van der Waals surface area (Å²) < 4.78 is 0. The predicted octanol–water partition coefficient (Wildman–Crippen LogP) is 2.47.